The molecule has 1 aromatic carbocycles. The first kappa shape index (κ1) is 14.1. The second-order valence-electron chi connectivity index (χ2n) is 4.87. The molecule has 6 nitrogen and oxygen atoms in total. The summed E-state index contributed by atoms with van der Waals surface area (Å²) in [5.41, 5.74) is 1.34. The zero-order chi connectivity index (χ0) is 15.2. The van der Waals surface area contributed by atoms with Crippen molar-refractivity contribution in [2.75, 3.05) is 11.6 Å². The third-order valence-corrected chi connectivity index (χ3v) is 4.90. The Morgan fingerprint density at radius 2 is 1.95 bits per heavy atom. The highest BCUT2D eigenvalue weighted by Crippen LogP contribution is 2.37. The lowest BCUT2D eigenvalue weighted by Crippen LogP contribution is -2.28. The van der Waals surface area contributed by atoms with Crippen molar-refractivity contribution in [3.05, 3.63) is 51.8 Å². The van der Waals surface area contributed by atoms with Gasteiger partial charge in [-0.2, -0.15) is 10.1 Å². The number of fused-ring (bicyclic) bond motifs is 1. The van der Waals surface area contributed by atoms with Gasteiger partial charge in [0.15, 0.2) is 9.84 Å². The van der Waals surface area contributed by atoms with Crippen LogP contribution in [0.4, 0.5) is 5.95 Å². The highest BCUT2D eigenvalue weighted by Gasteiger charge is 2.34. The molecular formula is C13H13ClN4O2S. The lowest BCUT2D eigenvalue weighted by atomic mass is 10.0. The average molecular weight is 325 g/mol. The molecule has 1 aliphatic heterocycles. The summed E-state index contributed by atoms with van der Waals surface area (Å²) in [5, 5.41) is 7.71. The molecule has 110 valence electrons. The Kier molecular flexibility index (Phi) is 3.26. The molecule has 8 heteroatoms. The summed E-state index contributed by atoms with van der Waals surface area (Å²) in [7, 11) is -3.41. The Labute approximate surface area is 127 Å². The minimum Gasteiger partial charge on any atom is -0.327 e. The Bertz CT molecular complexity index is 824. The number of nitrogens with one attached hydrogen (secondary N) is 1. The number of benzene rings is 1. The van der Waals surface area contributed by atoms with E-state index in [9.17, 15) is 8.42 Å². The molecule has 2 heterocycles. The van der Waals surface area contributed by atoms with Gasteiger partial charge >= 0.3 is 0 Å². The van der Waals surface area contributed by atoms with E-state index in [1.54, 1.807) is 35.9 Å². The zero-order valence-corrected chi connectivity index (χ0v) is 13.0. The predicted octanol–water partition coefficient (Wildman–Crippen LogP) is 2.22. The fourth-order valence-electron chi connectivity index (χ4n) is 2.49. The third-order valence-electron chi connectivity index (χ3n) is 3.32. The van der Waals surface area contributed by atoms with Gasteiger partial charge in [0.1, 0.15) is 12.4 Å². The molecule has 0 amide bonds. The summed E-state index contributed by atoms with van der Waals surface area (Å²) in [5.74, 6) is 0.514. The summed E-state index contributed by atoms with van der Waals surface area (Å²) < 4.78 is 25.9. The van der Waals surface area contributed by atoms with Gasteiger partial charge in [0.05, 0.1) is 4.91 Å². The normalized spacial score (nSPS) is 18.3. The summed E-state index contributed by atoms with van der Waals surface area (Å²) in [6.45, 7) is 1.72. The van der Waals surface area contributed by atoms with Crippen molar-refractivity contribution in [2.45, 2.75) is 13.0 Å². The first-order chi connectivity index (χ1) is 9.88. The van der Waals surface area contributed by atoms with Crippen LogP contribution in [0.2, 0.25) is 5.02 Å². The highest BCUT2D eigenvalue weighted by molar-refractivity contribution is 7.94. The lowest BCUT2D eigenvalue weighted by Gasteiger charge is -2.28. The van der Waals surface area contributed by atoms with Crippen molar-refractivity contribution < 1.29 is 8.42 Å². The van der Waals surface area contributed by atoms with Crippen LogP contribution < -0.4 is 5.32 Å². The summed E-state index contributed by atoms with van der Waals surface area (Å²) in [4.78, 5) is 4.38. The van der Waals surface area contributed by atoms with Crippen molar-refractivity contribution >= 4 is 27.4 Å². The van der Waals surface area contributed by atoms with Crippen LogP contribution in [0.5, 0.6) is 0 Å². The van der Waals surface area contributed by atoms with Gasteiger partial charge in [0, 0.05) is 17.0 Å². The van der Waals surface area contributed by atoms with Crippen LogP contribution in [0.3, 0.4) is 0 Å². The molecule has 0 radical (unpaired) electrons. The molecule has 0 spiro atoms. The molecule has 2 aromatic rings. The molecule has 0 saturated heterocycles. The van der Waals surface area contributed by atoms with E-state index in [1.165, 1.54) is 12.6 Å². The van der Waals surface area contributed by atoms with E-state index in [2.05, 4.69) is 15.4 Å². The summed E-state index contributed by atoms with van der Waals surface area (Å²) in [6, 6.07) is 6.50. The average Bonchev–Trinajstić information content (AvgIpc) is 2.84. The minimum atomic E-state index is -3.41. The minimum absolute atomic E-state index is 0.280. The maximum Gasteiger partial charge on any atom is 0.226 e. The van der Waals surface area contributed by atoms with E-state index in [-0.39, 0.29) is 4.91 Å². The van der Waals surface area contributed by atoms with Crippen LogP contribution in [0.25, 0.3) is 0 Å². The van der Waals surface area contributed by atoms with Gasteiger partial charge in [-0.25, -0.2) is 13.1 Å². The van der Waals surface area contributed by atoms with E-state index in [4.69, 9.17) is 11.6 Å². The number of halogens is 1. The molecule has 1 aromatic heterocycles. The molecule has 21 heavy (non-hydrogen) atoms. The van der Waals surface area contributed by atoms with Crippen LogP contribution >= 0.6 is 11.6 Å². The molecule has 0 saturated carbocycles. The van der Waals surface area contributed by atoms with Crippen molar-refractivity contribution in [3.63, 3.8) is 0 Å². The van der Waals surface area contributed by atoms with Crippen molar-refractivity contribution in [1.82, 2.24) is 14.8 Å². The van der Waals surface area contributed by atoms with Crippen molar-refractivity contribution in [2.24, 2.45) is 0 Å². The molecule has 1 aliphatic rings. The van der Waals surface area contributed by atoms with Crippen molar-refractivity contribution in [3.8, 4) is 0 Å². The molecule has 0 aliphatic carbocycles. The Morgan fingerprint density at radius 3 is 2.57 bits per heavy atom. The summed E-state index contributed by atoms with van der Waals surface area (Å²) >= 11 is 5.91. The summed E-state index contributed by atoms with van der Waals surface area (Å²) in [6.07, 6.45) is 2.59. The van der Waals surface area contributed by atoms with Gasteiger partial charge < -0.3 is 5.32 Å². The van der Waals surface area contributed by atoms with Gasteiger partial charge in [-0.05, 0) is 24.6 Å². The first-order valence-electron chi connectivity index (χ1n) is 6.21. The maximum absolute atomic E-state index is 12.2. The second kappa shape index (κ2) is 4.85. The van der Waals surface area contributed by atoms with Gasteiger partial charge in [0.2, 0.25) is 5.95 Å². The first-order valence-corrected chi connectivity index (χ1v) is 8.47. The van der Waals surface area contributed by atoms with E-state index in [0.29, 0.717) is 16.7 Å². The fraction of sp³-hybridized carbons (Fsp3) is 0.231. The van der Waals surface area contributed by atoms with Crippen LogP contribution in [0.1, 0.15) is 18.5 Å². The van der Waals surface area contributed by atoms with E-state index >= 15 is 0 Å². The quantitative estimate of drug-likeness (QED) is 0.916. The van der Waals surface area contributed by atoms with Crippen molar-refractivity contribution in [1.29, 1.82) is 0 Å². The van der Waals surface area contributed by atoms with Crippen LogP contribution in [-0.2, 0) is 9.84 Å². The maximum atomic E-state index is 12.2. The zero-order valence-electron chi connectivity index (χ0n) is 11.4. The SMILES string of the molecule is CC1=C(S(C)(=O)=O)C(c2ccc(Cl)cc2)n2ncnc2N1. The van der Waals surface area contributed by atoms with Crippen LogP contribution in [0.15, 0.2) is 41.2 Å². The number of rotatable bonds is 2. The standard InChI is InChI=1S/C13H13ClN4O2S/c1-8-12(21(2,19)20)11(9-3-5-10(14)6-4-9)18-13(17-8)15-7-16-18/h3-7,11H,1-2H3,(H,15,16,17). The number of sulfone groups is 1. The van der Waals surface area contributed by atoms with Gasteiger partial charge in [-0.15, -0.1) is 0 Å². The molecule has 0 bridgehead atoms. The van der Waals surface area contributed by atoms with Crippen LogP contribution in [-0.4, -0.2) is 29.4 Å². The third kappa shape index (κ3) is 2.43. The number of nitrogens with zero attached hydrogens (tertiary/aromatic N) is 3. The fourth-order valence-corrected chi connectivity index (χ4v) is 3.87. The van der Waals surface area contributed by atoms with Gasteiger partial charge in [-0.1, -0.05) is 23.7 Å². The van der Waals surface area contributed by atoms with Gasteiger partial charge in [-0.3, -0.25) is 0 Å². The van der Waals surface area contributed by atoms with E-state index in [1.807, 2.05) is 0 Å². The lowest BCUT2D eigenvalue weighted by molar-refractivity contribution is 0.567. The molecule has 1 unspecified atom stereocenters. The van der Waals surface area contributed by atoms with Gasteiger partial charge in [0.25, 0.3) is 0 Å². The number of hydrogen-bond donors (Lipinski definition) is 1. The topological polar surface area (TPSA) is 76.9 Å². The number of allylic oxidation sites excluding steroid dienone is 2. The van der Waals surface area contributed by atoms with E-state index in [0.717, 1.165) is 5.56 Å². The molecule has 0 fully saturated rings. The highest BCUT2D eigenvalue weighted by atomic mass is 35.5. The van der Waals surface area contributed by atoms with E-state index < -0.39 is 15.9 Å². The molecule has 1 N–H and O–H groups in total. The second-order valence-corrected chi connectivity index (χ2v) is 7.29. The Hall–Kier alpha value is -1.86. The number of aromatic nitrogens is 3. The smallest absolute Gasteiger partial charge is 0.226 e. The monoisotopic (exact) mass is 324 g/mol. The molecule has 3 rings (SSSR count). The molecular weight excluding hydrogens is 312 g/mol. The number of anilines is 1. The van der Waals surface area contributed by atoms with Crippen LogP contribution in [0, 0.1) is 0 Å². The number of hydrogen-bond acceptors (Lipinski definition) is 5. The largest absolute Gasteiger partial charge is 0.327 e. The Morgan fingerprint density at radius 1 is 1.29 bits per heavy atom. The predicted molar refractivity (Wildman–Crippen MR) is 80.8 cm³/mol. The Balaban J connectivity index is 2.25. The molecule has 1 atom stereocenters.